The van der Waals surface area contributed by atoms with Crippen molar-refractivity contribution in [2.24, 2.45) is 5.14 Å². The van der Waals surface area contributed by atoms with Crippen molar-refractivity contribution in [3.63, 3.8) is 0 Å². The molecule has 0 unspecified atom stereocenters. The van der Waals surface area contributed by atoms with Crippen LogP contribution in [0.5, 0.6) is 0 Å². The van der Waals surface area contributed by atoms with Crippen molar-refractivity contribution < 1.29 is 31.5 Å². The topological polar surface area (TPSA) is 122 Å². The Morgan fingerprint density at radius 1 is 1.44 bits per heavy atom. The average molecular weight is 287 g/mol. The molecule has 18 heavy (non-hydrogen) atoms. The van der Waals surface area contributed by atoms with Gasteiger partial charge in [-0.05, 0) is 12.1 Å². The number of aromatic nitrogens is 1. The summed E-state index contributed by atoms with van der Waals surface area (Å²) in [5.41, 5.74) is 0.356. The zero-order valence-electron chi connectivity index (χ0n) is 8.55. The first-order chi connectivity index (χ1) is 8.02. The third kappa shape index (κ3) is 8.29. The molecule has 1 aromatic heterocycles. The van der Waals surface area contributed by atoms with E-state index < -0.39 is 22.4 Å². The van der Waals surface area contributed by atoms with Crippen LogP contribution in [0.3, 0.4) is 0 Å². The molecule has 0 saturated heterocycles. The second kappa shape index (κ2) is 6.16. The first kappa shape index (κ1) is 16.1. The first-order valence-corrected chi connectivity index (χ1v) is 5.57. The van der Waals surface area contributed by atoms with Crippen molar-refractivity contribution in [3.05, 3.63) is 24.5 Å². The minimum absolute atomic E-state index is 0.356. The van der Waals surface area contributed by atoms with Crippen LogP contribution >= 0.6 is 0 Å². The van der Waals surface area contributed by atoms with Gasteiger partial charge in [-0.2, -0.15) is 21.6 Å². The van der Waals surface area contributed by atoms with Gasteiger partial charge in [-0.25, -0.2) is 9.93 Å². The summed E-state index contributed by atoms with van der Waals surface area (Å²) in [5.74, 6) is -2.76. The molecule has 0 fully saturated rings. The van der Waals surface area contributed by atoms with E-state index in [2.05, 4.69) is 9.71 Å². The number of carboxylic acid groups (broad SMARTS) is 1. The predicted octanol–water partition coefficient (Wildman–Crippen LogP) is 0.330. The lowest BCUT2D eigenvalue weighted by atomic mass is 10.4. The van der Waals surface area contributed by atoms with Crippen LogP contribution in [-0.4, -0.2) is 30.7 Å². The number of alkyl halides is 3. The summed E-state index contributed by atoms with van der Waals surface area (Å²) in [6, 6.07) is 3.16. The number of anilines is 1. The number of nitrogens with one attached hydrogen (secondary N) is 1. The second-order valence-corrected chi connectivity index (χ2v) is 3.99. The summed E-state index contributed by atoms with van der Waals surface area (Å²) in [7, 11) is -3.67. The average Bonchev–Trinajstić information content (AvgIpc) is 2.15. The van der Waals surface area contributed by atoms with Gasteiger partial charge in [-0.15, -0.1) is 0 Å². The molecule has 0 amide bonds. The zero-order valence-corrected chi connectivity index (χ0v) is 9.36. The predicted molar refractivity (Wildman–Crippen MR) is 54.7 cm³/mol. The van der Waals surface area contributed by atoms with Crippen molar-refractivity contribution >= 4 is 21.9 Å². The SMILES string of the molecule is NS(=O)(=O)Nc1cccnc1.O=C(O)C(F)(F)F. The Kier molecular flexibility index (Phi) is 5.52. The lowest BCUT2D eigenvalue weighted by molar-refractivity contribution is -0.192. The van der Waals surface area contributed by atoms with Gasteiger partial charge in [0, 0.05) is 6.20 Å². The van der Waals surface area contributed by atoms with E-state index >= 15 is 0 Å². The Labute approximate surface area is 99.6 Å². The Morgan fingerprint density at radius 3 is 2.22 bits per heavy atom. The van der Waals surface area contributed by atoms with Gasteiger partial charge in [0.15, 0.2) is 0 Å². The number of nitrogens with two attached hydrogens (primary N) is 1. The quantitative estimate of drug-likeness (QED) is 0.723. The summed E-state index contributed by atoms with van der Waals surface area (Å²) >= 11 is 0. The summed E-state index contributed by atoms with van der Waals surface area (Å²) < 4.78 is 54.7. The fraction of sp³-hybridized carbons (Fsp3) is 0.143. The van der Waals surface area contributed by atoms with Crippen LogP contribution in [0.4, 0.5) is 18.9 Å². The van der Waals surface area contributed by atoms with Crippen LogP contribution in [0, 0.1) is 0 Å². The van der Waals surface area contributed by atoms with E-state index in [9.17, 15) is 21.6 Å². The van der Waals surface area contributed by atoms with Crippen LogP contribution in [0.2, 0.25) is 0 Å². The lowest BCUT2D eigenvalue weighted by Gasteiger charge is -2.00. The van der Waals surface area contributed by atoms with Crippen LogP contribution in [-0.2, 0) is 15.0 Å². The number of carboxylic acids is 1. The van der Waals surface area contributed by atoms with Gasteiger partial charge in [0.25, 0.3) is 10.2 Å². The number of pyridine rings is 1. The summed E-state index contributed by atoms with van der Waals surface area (Å²) in [6.45, 7) is 0. The first-order valence-electron chi connectivity index (χ1n) is 4.03. The number of halogens is 3. The minimum Gasteiger partial charge on any atom is -0.475 e. The van der Waals surface area contributed by atoms with Crippen LogP contribution in [0.25, 0.3) is 0 Å². The van der Waals surface area contributed by atoms with Crippen LogP contribution in [0.15, 0.2) is 24.5 Å². The van der Waals surface area contributed by atoms with E-state index in [0.29, 0.717) is 5.69 Å². The second-order valence-electron chi connectivity index (χ2n) is 2.69. The smallest absolute Gasteiger partial charge is 0.475 e. The van der Waals surface area contributed by atoms with Gasteiger partial charge in [0.05, 0.1) is 11.9 Å². The molecule has 0 atom stereocenters. The van der Waals surface area contributed by atoms with Gasteiger partial charge in [-0.1, -0.05) is 0 Å². The Hall–Kier alpha value is -1.88. The van der Waals surface area contributed by atoms with Crippen molar-refractivity contribution in [2.75, 3.05) is 4.72 Å². The molecule has 0 aliphatic carbocycles. The van der Waals surface area contributed by atoms with E-state index in [0.717, 1.165) is 0 Å². The number of carbonyl (C=O) groups is 1. The maximum atomic E-state index is 10.6. The number of aliphatic carboxylic acids is 1. The summed E-state index contributed by atoms with van der Waals surface area (Å²) in [5, 5.41) is 11.8. The van der Waals surface area contributed by atoms with Crippen molar-refractivity contribution in [1.82, 2.24) is 4.98 Å². The normalized spacial score (nSPS) is 11.1. The van der Waals surface area contributed by atoms with E-state index in [1.807, 2.05) is 0 Å². The maximum absolute atomic E-state index is 10.6. The number of hydrogen-bond donors (Lipinski definition) is 3. The molecule has 0 aromatic carbocycles. The molecule has 0 aliphatic rings. The van der Waals surface area contributed by atoms with E-state index in [1.165, 1.54) is 12.4 Å². The maximum Gasteiger partial charge on any atom is 0.490 e. The molecule has 11 heteroatoms. The molecule has 1 rings (SSSR count). The molecular weight excluding hydrogens is 279 g/mol. The molecule has 0 spiro atoms. The fourth-order valence-electron chi connectivity index (χ4n) is 0.587. The standard InChI is InChI=1S/C5H7N3O2S.C2HF3O2/c6-11(9,10)8-5-2-1-3-7-4-5;3-2(4,5)1(6)7/h1-4,8H,(H2,6,9,10);(H,6,7). The van der Waals surface area contributed by atoms with Gasteiger partial charge >= 0.3 is 12.1 Å². The summed E-state index contributed by atoms with van der Waals surface area (Å²) in [4.78, 5) is 12.6. The molecule has 102 valence electrons. The number of nitrogens with zero attached hydrogens (tertiary/aromatic N) is 1. The Morgan fingerprint density at radius 2 is 1.94 bits per heavy atom. The third-order valence-corrected chi connectivity index (χ3v) is 1.68. The van der Waals surface area contributed by atoms with Gasteiger partial charge < -0.3 is 5.11 Å². The molecule has 4 N–H and O–H groups in total. The van der Waals surface area contributed by atoms with Crippen LogP contribution in [0.1, 0.15) is 0 Å². The van der Waals surface area contributed by atoms with Gasteiger partial charge in [-0.3, -0.25) is 9.71 Å². The lowest BCUT2D eigenvalue weighted by Crippen LogP contribution is -2.21. The van der Waals surface area contributed by atoms with E-state index in [4.69, 9.17) is 15.0 Å². The van der Waals surface area contributed by atoms with E-state index in [1.54, 1.807) is 12.1 Å². The molecule has 7 nitrogen and oxygen atoms in total. The largest absolute Gasteiger partial charge is 0.490 e. The molecular formula is C7H8F3N3O4S. The molecule has 0 radical (unpaired) electrons. The van der Waals surface area contributed by atoms with Crippen molar-refractivity contribution in [3.8, 4) is 0 Å². The summed E-state index contributed by atoms with van der Waals surface area (Å²) in [6.07, 6.45) is -2.18. The molecule has 0 saturated carbocycles. The molecule has 0 aliphatic heterocycles. The van der Waals surface area contributed by atoms with Gasteiger partial charge in [0.2, 0.25) is 0 Å². The Bertz CT molecular complexity index is 488. The number of rotatable bonds is 2. The monoisotopic (exact) mass is 287 g/mol. The van der Waals surface area contributed by atoms with Gasteiger partial charge in [0.1, 0.15) is 0 Å². The van der Waals surface area contributed by atoms with Crippen molar-refractivity contribution in [2.45, 2.75) is 6.18 Å². The zero-order chi connectivity index (χ0) is 14.4. The number of hydrogen-bond acceptors (Lipinski definition) is 4. The fourth-order valence-corrected chi connectivity index (χ4v) is 1.04. The molecule has 0 bridgehead atoms. The van der Waals surface area contributed by atoms with Crippen LogP contribution < -0.4 is 9.86 Å². The third-order valence-electron chi connectivity index (χ3n) is 1.16. The minimum atomic E-state index is -5.08. The van der Waals surface area contributed by atoms with E-state index in [-0.39, 0.29) is 0 Å². The molecule has 1 aromatic rings. The van der Waals surface area contributed by atoms with Crippen molar-refractivity contribution in [1.29, 1.82) is 0 Å². The molecule has 1 heterocycles. The highest BCUT2D eigenvalue weighted by Crippen LogP contribution is 2.13. The Balaban J connectivity index is 0.000000360. The highest BCUT2D eigenvalue weighted by molar-refractivity contribution is 7.90. The highest BCUT2D eigenvalue weighted by Gasteiger charge is 2.38. The highest BCUT2D eigenvalue weighted by atomic mass is 32.2.